The molecule has 0 fully saturated rings. The molecule has 1 N–H and O–H groups in total. The van der Waals surface area contributed by atoms with Crippen LogP contribution in [0.3, 0.4) is 0 Å². The molecule has 0 atom stereocenters. The van der Waals surface area contributed by atoms with Gasteiger partial charge in [0.25, 0.3) is 0 Å². The van der Waals surface area contributed by atoms with Crippen LogP contribution in [0.2, 0.25) is 0 Å². The fourth-order valence-corrected chi connectivity index (χ4v) is 2.02. The lowest BCUT2D eigenvalue weighted by atomic mass is 10.1. The van der Waals surface area contributed by atoms with E-state index in [0.717, 1.165) is 35.5 Å². The van der Waals surface area contributed by atoms with Gasteiger partial charge < -0.3 is 10.1 Å². The first-order valence-corrected chi connectivity index (χ1v) is 6.93. The minimum absolute atomic E-state index is 0.834. The summed E-state index contributed by atoms with van der Waals surface area (Å²) in [6.45, 7) is 0.853. The van der Waals surface area contributed by atoms with Crippen molar-refractivity contribution >= 4 is 11.3 Å². The molecule has 0 aromatic heterocycles. The van der Waals surface area contributed by atoms with Crippen molar-refractivity contribution in [2.75, 3.05) is 19.0 Å². The van der Waals surface area contributed by atoms with Crippen molar-refractivity contribution < 1.29 is 4.74 Å². The van der Waals surface area contributed by atoms with Gasteiger partial charge in [-0.25, -0.2) is 0 Å². The second-order valence-electron chi connectivity index (χ2n) is 4.57. The molecular formula is C19H19NO. The van der Waals surface area contributed by atoms with Crippen LogP contribution in [0.5, 0.6) is 5.75 Å². The van der Waals surface area contributed by atoms with E-state index < -0.39 is 0 Å². The van der Waals surface area contributed by atoms with Crippen LogP contribution in [-0.4, -0.2) is 13.7 Å². The number of anilines is 1. The number of allylic oxidation sites excluding steroid dienone is 1. The Labute approximate surface area is 126 Å². The molecular weight excluding hydrogens is 258 g/mol. The van der Waals surface area contributed by atoms with Crippen molar-refractivity contribution in [3.63, 3.8) is 0 Å². The summed E-state index contributed by atoms with van der Waals surface area (Å²) in [6, 6.07) is 17.9. The second kappa shape index (κ2) is 7.81. The molecule has 0 bridgehead atoms. The highest BCUT2D eigenvalue weighted by Gasteiger charge is 1.99. The van der Waals surface area contributed by atoms with E-state index in [1.807, 2.05) is 42.5 Å². The van der Waals surface area contributed by atoms with E-state index in [-0.39, 0.29) is 0 Å². The molecule has 0 aliphatic rings. The largest absolute Gasteiger partial charge is 0.497 e. The first kappa shape index (κ1) is 14.7. The molecule has 2 aromatic rings. The molecule has 0 saturated heterocycles. The van der Waals surface area contributed by atoms with Gasteiger partial charge in [0.05, 0.1) is 7.11 Å². The maximum Gasteiger partial charge on any atom is 0.118 e. The number of para-hydroxylation sites is 1. The van der Waals surface area contributed by atoms with Gasteiger partial charge >= 0.3 is 0 Å². The number of rotatable bonds is 6. The Bertz CT molecular complexity index is 621. The molecule has 2 aromatic carbocycles. The van der Waals surface area contributed by atoms with Gasteiger partial charge in [-0.2, -0.15) is 0 Å². The first-order valence-electron chi connectivity index (χ1n) is 6.93. The van der Waals surface area contributed by atoms with Gasteiger partial charge in [-0.1, -0.05) is 42.3 Å². The van der Waals surface area contributed by atoms with E-state index >= 15 is 0 Å². The lowest BCUT2D eigenvalue weighted by Gasteiger charge is -2.05. The number of ether oxygens (including phenoxy) is 1. The molecule has 0 amide bonds. The highest BCUT2D eigenvalue weighted by Crippen LogP contribution is 2.18. The molecule has 0 radical (unpaired) electrons. The Morgan fingerprint density at radius 1 is 1.14 bits per heavy atom. The van der Waals surface area contributed by atoms with Crippen molar-refractivity contribution in [1.82, 2.24) is 0 Å². The third-order valence-electron chi connectivity index (χ3n) is 3.15. The Morgan fingerprint density at radius 3 is 2.48 bits per heavy atom. The molecule has 0 heterocycles. The monoisotopic (exact) mass is 277 g/mol. The standard InChI is InChI=1S/C19H19NO/c1-3-16(17-11-13-19(21-2)14-12-17)8-7-15-20-18-9-5-4-6-10-18/h1,4-6,8-14,20H,7,15H2,2H3/b16-8+. The summed E-state index contributed by atoms with van der Waals surface area (Å²) >= 11 is 0. The number of hydrogen-bond donors (Lipinski definition) is 1. The third kappa shape index (κ3) is 4.43. The normalized spacial score (nSPS) is 10.8. The number of hydrogen-bond acceptors (Lipinski definition) is 2. The highest BCUT2D eigenvalue weighted by atomic mass is 16.5. The second-order valence-corrected chi connectivity index (χ2v) is 4.57. The summed E-state index contributed by atoms with van der Waals surface area (Å²) in [4.78, 5) is 0. The average Bonchev–Trinajstić information content (AvgIpc) is 2.56. The van der Waals surface area contributed by atoms with Crippen LogP contribution in [-0.2, 0) is 0 Å². The quantitative estimate of drug-likeness (QED) is 0.630. The molecule has 0 spiro atoms. The van der Waals surface area contributed by atoms with Gasteiger partial charge in [0.2, 0.25) is 0 Å². The van der Waals surface area contributed by atoms with E-state index in [2.05, 4.69) is 29.4 Å². The molecule has 0 aliphatic heterocycles. The lowest BCUT2D eigenvalue weighted by Crippen LogP contribution is -1.99. The van der Waals surface area contributed by atoms with Crippen LogP contribution in [0, 0.1) is 12.3 Å². The Balaban J connectivity index is 1.92. The Kier molecular flexibility index (Phi) is 5.49. The van der Waals surface area contributed by atoms with E-state index in [9.17, 15) is 0 Å². The fourth-order valence-electron chi connectivity index (χ4n) is 2.02. The summed E-state index contributed by atoms with van der Waals surface area (Å²) in [5.74, 6) is 3.58. The van der Waals surface area contributed by atoms with Gasteiger partial charge in [0.1, 0.15) is 5.75 Å². The van der Waals surface area contributed by atoms with E-state index in [1.165, 1.54) is 0 Å². The zero-order valence-electron chi connectivity index (χ0n) is 12.2. The topological polar surface area (TPSA) is 21.3 Å². The fraction of sp³-hybridized carbons (Fsp3) is 0.158. The molecule has 2 heteroatoms. The van der Waals surface area contributed by atoms with Crippen LogP contribution in [0.1, 0.15) is 12.0 Å². The lowest BCUT2D eigenvalue weighted by molar-refractivity contribution is 0.415. The van der Waals surface area contributed by atoms with Crippen molar-refractivity contribution in [2.45, 2.75) is 6.42 Å². The van der Waals surface area contributed by atoms with Gasteiger partial charge in [-0.05, 0) is 36.2 Å². The molecule has 0 aliphatic carbocycles. The first-order chi connectivity index (χ1) is 10.3. The molecule has 21 heavy (non-hydrogen) atoms. The number of nitrogens with one attached hydrogen (secondary N) is 1. The summed E-state index contributed by atoms with van der Waals surface area (Å²) in [5.41, 5.74) is 3.07. The number of methoxy groups -OCH3 is 1. The van der Waals surface area contributed by atoms with Gasteiger partial charge in [0.15, 0.2) is 0 Å². The van der Waals surface area contributed by atoms with Crippen LogP contribution in [0.25, 0.3) is 5.57 Å². The van der Waals surface area contributed by atoms with E-state index in [0.29, 0.717) is 0 Å². The van der Waals surface area contributed by atoms with Crippen molar-refractivity contribution in [1.29, 1.82) is 0 Å². The van der Waals surface area contributed by atoms with Gasteiger partial charge in [-0.15, -0.1) is 6.42 Å². The Morgan fingerprint density at radius 2 is 1.86 bits per heavy atom. The maximum atomic E-state index is 5.60. The summed E-state index contributed by atoms with van der Waals surface area (Å²) < 4.78 is 5.15. The summed E-state index contributed by atoms with van der Waals surface area (Å²) in [5, 5.41) is 3.36. The smallest absolute Gasteiger partial charge is 0.118 e. The van der Waals surface area contributed by atoms with E-state index in [4.69, 9.17) is 11.2 Å². The average molecular weight is 277 g/mol. The van der Waals surface area contributed by atoms with Gasteiger partial charge in [-0.3, -0.25) is 0 Å². The summed E-state index contributed by atoms with van der Waals surface area (Å²) in [7, 11) is 1.65. The van der Waals surface area contributed by atoms with Crippen molar-refractivity contribution in [3.8, 4) is 18.1 Å². The highest BCUT2D eigenvalue weighted by molar-refractivity contribution is 5.78. The van der Waals surface area contributed by atoms with Gasteiger partial charge in [0, 0.05) is 17.8 Å². The number of benzene rings is 2. The minimum Gasteiger partial charge on any atom is -0.497 e. The van der Waals surface area contributed by atoms with Crippen LogP contribution < -0.4 is 10.1 Å². The molecule has 0 saturated carbocycles. The third-order valence-corrected chi connectivity index (χ3v) is 3.15. The Hall–Kier alpha value is -2.66. The molecule has 106 valence electrons. The SMILES string of the molecule is C#C/C(=C\CCNc1ccccc1)c1ccc(OC)cc1. The van der Waals surface area contributed by atoms with Crippen molar-refractivity contribution in [3.05, 3.63) is 66.2 Å². The predicted molar refractivity (Wildman–Crippen MR) is 89.4 cm³/mol. The minimum atomic E-state index is 0.834. The van der Waals surface area contributed by atoms with Crippen molar-refractivity contribution in [2.24, 2.45) is 0 Å². The molecule has 2 nitrogen and oxygen atoms in total. The van der Waals surface area contributed by atoms with Crippen LogP contribution >= 0.6 is 0 Å². The zero-order valence-corrected chi connectivity index (χ0v) is 12.2. The summed E-state index contributed by atoms with van der Waals surface area (Å²) in [6.07, 6.45) is 8.56. The number of terminal acetylenes is 1. The maximum absolute atomic E-state index is 5.60. The molecule has 2 rings (SSSR count). The van der Waals surface area contributed by atoms with Crippen LogP contribution in [0.15, 0.2) is 60.7 Å². The zero-order chi connectivity index (χ0) is 14.9. The van der Waals surface area contributed by atoms with Crippen LogP contribution in [0.4, 0.5) is 5.69 Å². The predicted octanol–water partition coefficient (Wildman–Crippen LogP) is 4.21. The molecule has 0 unspecified atom stereocenters. The van der Waals surface area contributed by atoms with E-state index in [1.54, 1.807) is 7.11 Å².